The van der Waals surface area contributed by atoms with Gasteiger partial charge in [-0.05, 0) is 43.0 Å². The molecule has 2 aromatic rings. The molecule has 0 atom stereocenters. The van der Waals surface area contributed by atoms with Gasteiger partial charge in [-0.1, -0.05) is 37.3 Å². The lowest BCUT2D eigenvalue weighted by Crippen LogP contribution is -2.27. The van der Waals surface area contributed by atoms with Gasteiger partial charge in [0, 0.05) is 11.6 Å². The topological polar surface area (TPSA) is 39.8 Å². The Morgan fingerprint density at radius 2 is 1.68 bits per heavy atom. The molecule has 4 nitrogen and oxygen atoms in total. The minimum Gasteiger partial charge on any atom is -0.246 e. The molecule has 1 heterocycles. The van der Waals surface area contributed by atoms with Crippen LogP contribution in [0.2, 0.25) is 5.02 Å². The van der Waals surface area contributed by atoms with Crippen LogP contribution in [0.5, 0.6) is 0 Å². The molecule has 1 aliphatic rings. The zero-order valence-corrected chi connectivity index (χ0v) is 14.4. The zero-order chi connectivity index (χ0) is 18.0. The van der Waals surface area contributed by atoms with Crippen molar-refractivity contribution in [1.82, 2.24) is 14.3 Å². The highest BCUT2D eigenvalue weighted by atomic mass is 35.5. The van der Waals surface area contributed by atoms with E-state index in [9.17, 15) is 18.0 Å². The van der Waals surface area contributed by atoms with E-state index in [0.717, 1.165) is 43.2 Å². The van der Waals surface area contributed by atoms with E-state index in [2.05, 4.69) is 5.10 Å². The number of rotatable bonds is 3. The highest BCUT2D eigenvalue weighted by Crippen LogP contribution is 2.29. The van der Waals surface area contributed by atoms with Gasteiger partial charge in [0.15, 0.2) is 0 Å². The fourth-order valence-corrected chi connectivity index (χ4v) is 3.45. The van der Waals surface area contributed by atoms with E-state index in [4.69, 9.17) is 11.6 Å². The molecular weight excluding hydrogens is 355 g/mol. The van der Waals surface area contributed by atoms with E-state index < -0.39 is 17.7 Å². The number of aromatic nitrogens is 3. The van der Waals surface area contributed by atoms with Crippen molar-refractivity contribution in [1.29, 1.82) is 0 Å². The highest BCUT2D eigenvalue weighted by Gasteiger charge is 2.39. The second-order valence-electron chi connectivity index (χ2n) is 6.46. The monoisotopic (exact) mass is 373 g/mol. The minimum absolute atomic E-state index is 0.105. The van der Waals surface area contributed by atoms with E-state index in [1.807, 2.05) is 0 Å². The summed E-state index contributed by atoms with van der Waals surface area (Å²) in [6, 6.07) is 5.67. The second-order valence-corrected chi connectivity index (χ2v) is 6.89. The molecule has 0 radical (unpaired) electrons. The van der Waals surface area contributed by atoms with Gasteiger partial charge >= 0.3 is 11.9 Å². The summed E-state index contributed by atoms with van der Waals surface area (Å²) in [6.07, 6.45) is 1.49. The number of benzene rings is 1. The molecule has 8 heteroatoms. The summed E-state index contributed by atoms with van der Waals surface area (Å²) in [4.78, 5) is 12.6. The van der Waals surface area contributed by atoms with Crippen molar-refractivity contribution >= 4 is 11.6 Å². The Labute approximate surface area is 148 Å². The fourth-order valence-electron chi connectivity index (χ4n) is 3.32. The van der Waals surface area contributed by atoms with Crippen molar-refractivity contribution in [3.05, 3.63) is 45.6 Å². The van der Waals surface area contributed by atoms with Gasteiger partial charge in [0.25, 0.3) is 0 Å². The Bertz CT molecular complexity index is 772. The summed E-state index contributed by atoms with van der Waals surface area (Å²) in [5, 5.41) is 4.00. The lowest BCUT2D eigenvalue weighted by atomic mass is 10.0. The largest absolute Gasteiger partial charge is 0.452 e. The molecule has 1 saturated carbocycles. The third-order valence-electron chi connectivity index (χ3n) is 4.58. The van der Waals surface area contributed by atoms with Gasteiger partial charge in [-0.15, -0.1) is 5.10 Å². The predicted octanol–water partition coefficient (Wildman–Crippen LogP) is 4.68. The van der Waals surface area contributed by atoms with Crippen molar-refractivity contribution in [3.8, 4) is 5.69 Å². The van der Waals surface area contributed by atoms with Crippen LogP contribution in [-0.2, 0) is 12.7 Å². The van der Waals surface area contributed by atoms with Gasteiger partial charge in [0.05, 0.1) is 5.69 Å². The maximum Gasteiger partial charge on any atom is 0.452 e. The molecule has 0 saturated heterocycles. The third-order valence-corrected chi connectivity index (χ3v) is 4.84. The maximum atomic E-state index is 13.4. The van der Waals surface area contributed by atoms with Gasteiger partial charge < -0.3 is 0 Å². The smallest absolute Gasteiger partial charge is 0.246 e. The molecule has 0 amide bonds. The van der Waals surface area contributed by atoms with E-state index in [1.54, 1.807) is 0 Å². The fraction of sp³-hybridized carbons (Fsp3) is 0.529. The summed E-state index contributed by atoms with van der Waals surface area (Å²) in [5.41, 5.74) is -0.660. The molecule has 0 aliphatic heterocycles. The number of hydrogen-bond acceptors (Lipinski definition) is 2. The molecule has 0 bridgehead atoms. The van der Waals surface area contributed by atoms with Gasteiger partial charge in [0.1, 0.15) is 0 Å². The van der Waals surface area contributed by atoms with Gasteiger partial charge in [0.2, 0.25) is 5.82 Å². The number of hydrogen-bond donors (Lipinski definition) is 0. The lowest BCUT2D eigenvalue weighted by molar-refractivity contribution is -0.146. The van der Waals surface area contributed by atoms with Crippen molar-refractivity contribution in [3.63, 3.8) is 0 Å². The quantitative estimate of drug-likeness (QED) is 0.733. The van der Waals surface area contributed by atoms with E-state index in [1.165, 1.54) is 24.3 Å². The number of alkyl halides is 3. The van der Waals surface area contributed by atoms with E-state index >= 15 is 0 Å². The van der Waals surface area contributed by atoms with Gasteiger partial charge in [-0.3, -0.25) is 0 Å². The number of nitrogens with zero attached hydrogens (tertiary/aromatic N) is 3. The molecule has 25 heavy (non-hydrogen) atoms. The third kappa shape index (κ3) is 4.08. The highest BCUT2D eigenvalue weighted by molar-refractivity contribution is 6.30. The first-order chi connectivity index (χ1) is 11.9. The average molecular weight is 374 g/mol. The van der Waals surface area contributed by atoms with E-state index in [0.29, 0.717) is 9.59 Å². The molecule has 1 fully saturated rings. The molecule has 136 valence electrons. The van der Waals surface area contributed by atoms with Crippen LogP contribution in [0.3, 0.4) is 0 Å². The Balaban J connectivity index is 2.00. The minimum atomic E-state index is -4.71. The van der Waals surface area contributed by atoms with Gasteiger partial charge in [-0.2, -0.15) is 13.2 Å². The summed E-state index contributed by atoms with van der Waals surface area (Å²) >= 11 is 5.79. The van der Waals surface area contributed by atoms with Crippen molar-refractivity contribution < 1.29 is 13.2 Å². The number of halogens is 4. The summed E-state index contributed by atoms with van der Waals surface area (Å²) in [5.74, 6) is -1.01. The average Bonchev–Trinajstić information content (AvgIpc) is 2.73. The van der Waals surface area contributed by atoms with E-state index in [-0.39, 0.29) is 18.2 Å². The lowest BCUT2D eigenvalue weighted by Gasteiger charge is -2.12. The predicted molar refractivity (Wildman–Crippen MR) is 89.0 cm³/mol. The Hall–Kier alpha value is -1.76. The second kappa shape index (κ2) is 7.23. The van der Waals surface area contributed by atoms with Crippen LogP contribution in [0.1, 0.15) is 44.3 Å². The normalized spacial score (nSPS) is 16.8. The van der Waals surface area contributed by atoms with Crippen molar-refractivity contribution in [2.45, 2.75) is 51.2 Å². The Morgan fingerprint density at radius 3 is 2.24 bits per heavy atom. The molecule has 0 N–H and O–H groups in total. The molecule has 1 aromatic heterocycles. The van der Waals surface area contributed by atoms with Crippen LogP contribution in [0.4, 0.5) is 13.2 Å². The van der Waals surface area contributed by atoms with Crippen LogP contribution < -0.4 is 5.69 Å². The van der Waals surface area contributed by atoms with Crippen LogP contribution in [0.25, 0.3) is 5.69 Å². The summed E-state index contributed by atoms with van der Waals surface area (Å²) < 4.78 is 41.7. The molecular formula is C17H19ClF3N3O. The zero-order valence-electron chi connectivity index (χ0n) is 13.6. The van der Waals surface area contributed by atoms with Crippen molar-refractivity contribution in [2.24, 2.45) is 5.92 Å². The van der Waals surface area contributed by atoms with Crippen LogP contribution in [-0.4, -0.2) is 14.3 Å². The maximum absolute atomic E-state index is 13.4. The summed E-state index contributed by atoms with van der Waals surface area (Å²) in [6.45, 7) is 0.225. The SMILES string of the molecule is O=c1n(CC2CCCCCC2)nc(C(F)(F)F)n1-c1ccc(Cl)cc1. The Morgan fingerprint density at radius 1 is 1.08 bits per heavy atom. The molecule has 1 aliphatic carbocycles. The first-order valence-corrected chi connectivity index (χ1v) is 8.77. The first-order valence-electron chi connectivity index (χ1n) is 8.39. The molecule has 1 aromatic carbocycles. The van der Waals surface area contributed by atoms with Gasteiger partial charge in [-0.25, -0.2) is 14.0 Å². The standard InChI is InChI=1S/C17H19ClF3N3O/c18-13-7-9-14(10-8-13)24-15(17(19,20)21)22-23(16(24)25)11-12-5-3-1-2-4-6-12/h7-10,12H,1-6,11H2. The van der Waals surface area contributed by atoms with Crippen LogP contribution in [0, 0.1) is 5.92 Å². The molecule has 0 unspecified atom stereocenters. The summed E-state index contributed by atoms with van der Waals surface area (Å²) in [7, 11) is 0. The molecule has 0 spiro atoms. The first kappa shape index (κ1) is 18.0. The Kier molecular flexibility index (Phi) is 5.22. The van der Waals surface area contributed by atoms with Crippen LogP contribution in [0.15, 0.2) is 29.1 Å². The van der Waals surface area contributed by atoms with Crippen molar-refractivity contribution in [2.75, 3.05) is 0 Å². The van der Waals surface area contributed by atoms with Crippen LogP contribution >= 0.6 is 11.6 Å². The molecule has 3 rings (SSSR count).